The summed E-state index contributed by atoms with van der Waals surface area (Å²) in [5.74, 6) is 0.303. The topological polar surface area (TPSA) is 29.5 Å². The molecule has 1 fully saturated rings. The first-order chi connectivity index (χ1) is 9.38. The number of halogens is 4. The van der Waals surface area contributed by atoms with E-state index in [2.05, 4.69) is 15.9 Å². The molecule has 0 bridgehead atoms. The molecule has 1 aromatic carbocycles. The minimum Gasteiger partial charge on any atom is -0.388 e. The Balaban J connectivity index is 2.11. The Morgan fingerprint density at radius 1 is 1.30 bits per heavy atom. The van der Waals surface area contributed by atoms with Crippen LogP contribution in [-0.2, 0) is 10.9 Å². The molecular formula is C14H16BrF3O2. The molecular weight excluding hydrogens is 337 g/mol. The number of ether oxygens (including phenoxy) is 1. The summed E-state index contributed by atoms with van der Waals surface area (Å²) < 4.78 is 43.7. The molecule has 1 atom stereocenters. The van der Waals surface area contributed by atoms with Gasteiger partial charge in [-0.15, -0.1) is 0 Å². The van der Waals surface area contributed by atoms with Crippen LogP contribution in [0.15, 0.2) is 22.7 Å². The van der Waals surface area contributed by atoms with Gasteiger partial charge in [-0.2, -0.15) is 13.2 Å². The predicted molar refractivity (Wildman–Crippen MR) is 72.3 cm³/mol. The molecule has 1 heterocycles. The molecule has 2 nitrogen and oxygen atoms in total. The Kier molecular flexibility index (Phi) is 5.09. The lowest BCUT2D eigenvalue weighted by Gasteiger charge is -2.24. The molecule has 1 aliphatic heterocycles. The molecule has 0 amide bonds. The second-order valence-electron chi connectivity index (χ2n) is 5.04. The molecule has 112 valence electrons. The summed E-state index contributed by atoms with van der Waals surface area (Å²) in [6, 6.07) is 3.89. The summed E-state index contributed by atoms with van der Waals surface area (Å²) in [4.78, 5) is 0. The van der Waals surface area contributed by atoms with Crippen molar-refractivity contribution in [2.24, 2.45) is 5.92 Å². The van der Waals surface area contributed by atoms with E-state index in [1.807, 2.05) is 0 Å². The fourth-order valence-electron chi connectivity index (χ4n) is 2.40. The molecule has 6 heteroatoms. The number of aliphatic hydroxyl groups is 1. The van der Waals surface area contributed by atoms with Crippen LogP contribution in [0.1, 0.15) is 36.5 Å². The quantitative estimate of drug-likeness (QED) is 0.877. The van der Waals surface area contributed by atoms with Crippen LogP contribution in [0, 0.1) is 5.92 Å². The van der Waals surface area contributed by atoms with Crippen molar-refractivity contribution < 1.29 is 23.0 Å². The molecule has 1 saturated heterocycles. The van der Waals surface area contributed by atoms with E-state index in [-0.39, 0.29) is 4.47 Å². The zero-order valence-corrected chi connectivity index (χ0v) is 12.4. The van der Waals surface area contributed by atoms with Gasteiger partial charge in [-0.1, -0.05) is 22.0 Å². The smallest absolute Gasteiger partial charge is 0.388 e. The van der Waals surface area contributed by atoms with Crippen LogP contribution in [-0.4, -0.2) is 18.3 Å². The average molecular weight is 353 g/mol. The Morgan fingerprint density at radius 2 is 1.95 bits per heavy atom. The summed E-state index contributed by atoms with van der Waals surface area (Å²) in [7, 11) is 0. The second kappa shape index (κ2) is 6.45. The Morgan fingerprint density at radius 3 is 2.55 bits per heavy atom. The van der Waals surface area contributed by atoms with Crippen molar-refractivity contribution in [3.05, 3.63) is 33.8 Å². The minimum absolute atomic E-state index is 0.00739. The van der Waals surface area contributed by atoms with Gasteiger partial charge in [0.25, 0.3) is 0 Å². The largest absolute Gasteiger partial charge is 0.417 e. The fourth-order valence-corrected chi connectivity index (χ4v) is 2.87. The maximum Gasteiger partial charge on any atom is 0.417 e. The number of hydrogen-bond donors (Lipinski definition) is 1. The molecule has 1 aromatic rings. The lowest BCUT2D eigenvalue weighted by Crippen LogP contribution is -2.18. The van der Waals surface area contributed by atoms with Crippen molar-refractivity contribution in [3.63, 3.8) is 0 Å². The third-order valence-electron chi connectivity index (χ3n) is 3.58. The van der Waals surface area contributed by atoms with Gasteiger partial charge in [0.15, 0.2) is 0 Å². The van der Waals surface area contributed by atoms with Gasteiger partial charge in [0.2, 0.25) is 0 Å². The summed E-state index contributed by atoms with van der Waals surface area (Å²) in [6.45, 7) is 1.32. The van der Waals surface area contributed by atoms with Crippen LogP contribution < -0.4 is 0 Å². The van der Waals surface area contributed by atoms with E-state index in [1.54, 1.807) is 0 Å². The van der Waals surface area contributed by atoms with Crippen molar-refractivity contribution in [1.29, 1.82) is 0 Å². The van der Waals surface area contributed by atoms with Gasteiger partial charge in [-0.25, -0.2) is 0 Å². The van der Waals surface area contributed by atoms with Crippen LogP contribution in [0.2, 0.25) is 0 Å². The van der Waals surface area contributed by atoms with Crippen molar-refractivity contribution in [3.8, 4) is 0 Å². The Bertz CT molecular complexity index is 456. The van der Waals surface area contributed by atoms with Gasteiger partial charge >= 0.3 is 6.18 Å². The van der Waals surface area contributed by atoms with Crippen LogP contribution in [0.25, 0.3) is 0 Å². The molecule has 0 spiro atoms. The lowest BCUT2D eigenvalue weighted by molar-refractivity contribution is -0.138. The zero-order chi connectivity index (χ0) is 14.8. The van der Waals surface area contributed by atoms with E-state index in [1.165, 1.54) is 12.1 Å². The van der Waals surface area contributed by atoms with E-state index < -0.39 is 17.8 Å². The first kappa shape index (κ1) is 15.8. The van der Waals surface area contributed by atoms with Gasteiger partial charge in [0.1, 0.15) is 0 Å². The van der Waals surface area contributed by atoms with Crippen molar-refractivity contribution in [2.45, 2.75) is 31.5 Å². The van der Waals surface area contributed by atoms with E-state index in [4.69, 9.17) is 4.74 Å². The number of benzene rings is 1. The molecule has 2 rings (SSSR count). The van der Waals surface area contributed by atoms with E-state index >= 15 is 0 Å². The minimum atomic E-state index is -4.42. The van der Waals surface area contributed by atoms with Gasteiger partial charge in [0.05, 0.1) is 11.7 Å². The van der Waals surface area contributed by atoms with Crippen LogP contribution in [0.4, 0.5) is 13.2 Å². The Hall–Kier alpha value is -0.590. The van der Waals surface area contributed by atoms with Gasteiger partial charge < -0.3 is 9.84 Å². The maximum absolute atomic E-state index is 12.8. The highest BCUT2D eigenvalue weighted by molar-refractivity contribution is 9.10. The highest BCUT2D eigenvalue weighted by atomic mass is 79.9. The molecule has 0 aromatic heterocycles. The highest BCUT2D eigenvalue weighted by Gasteiger charge is 2.33. The molecule has 20 heavy (non-hydrogen) atoms. The van der Waals surface area contributed by atoms with Crippen molar-refractivity contribution in [2.75, 3.05) is 13.2 Å². The van der Waals surface area contributed by atoms with Gasteiger partial charge in [-0.05, 0) is 42.9 Å². The highest BCUT2D eigenvalue weighted by Crippen LogP contribution is 2.37. The van der Waals surface area contributed by atoms with Crippen molar-refractivity contribution >= 4 is 15.9 Å². The Labute approximate surface area is 124 Å². The standard InChI is InChI=1S/C14H16BrF3O2/c15-12-2-1-10(8-11(12)14(16,17)18)13(19)7-9-3-5-20-6-4-9/h1-2,8-9,13,19H,3-7H2. The maximum atomic E-state index is 12.8. The SMILES string of the molecule is OC(CC1CCOCC1)c1ccc(Br)c(C(F)(F)F)c1. The number of aliphatic hydroxyl groups excluding tert-OH is 1. The van der Waals surface area contributed by atoms with Crippen LogP contribution in [0.3, 0.4) is 0 Å². The normalized spacial score (nSPS) is 19.1. The summed E-state index contributed by atoms with van der Waals surface area (Å²) in [5.41, 5.74) is -0.437. The second-order valence-corrected chi connectivity index (χ2v) is 5.90. The van der Waals surface area contributed by atoms with E-state index in [9.17, 15) is 18.3 Å². The monoisotopic (exact) mass is 352 g/mol. The summed E-state index contributed by atoms with van der Waals surface area (Å²) in [6.07, 6.45) is -3.12. The van der Waals surface area contributed by atoms with Crippen molar-refractivity contribution in [1.82, 2.24) is 0 Å². The zero-order valence-electron chi connectivity index (χ0n) is 10.8. The first-order valence-electron chi connectivity index (χ1n) is 6.50. The third-order valence-corrected chi connectivity index (χ3v) is 4.27. The molecule has 1 unspecified atom stereocenters. The lowest BCUT2D eigenvalue weighted by atomic mass is 9.90. The summed E-state index contributed by atoms with van der Waals surface area (Å²) in [5, 5.41) is 10.1. The average Bonchev–Trinajstić information content (AvgIpc) is 2.39. The van der Waals surface area contributed by atoms with E-state index in [0.717, 1.165) is 18.9 Å². The molecule has 0 aliphatic carbocycles. The van der Waals surface area contributed by atoms with Crippen LogP contribution >= 0.6 is 15.9 Å². The van der Waals surface area contributed by atoms with Gasteiger partial charge in [0, 0.05) is 17.7 Å². The number of rotatable bonds is 3. The molecule has 0 saturated carbocycles. The summed E-state index contributed by atoms with van der Waals surface area (Å²) >= 11 is 2.90. The van der Waals surface area contributed by atoms with Gasteiger partial charge in [-0.3, -0.25) is 0 Å². The van der Waals surface area contributed by atoms with Crippen LogP contribution in [0.5, 0.6) is 0 Å². The molecule has 1 aliphatic rings. The number of hydrogen-bond acceptors (Lipinski definition) is 2. The molecule has 1 N–H and O–H groups in total. The fraction of sp³-hybridized carbons (Fsp3) is 0.571. The predicted octanol–water partition coefficient (Wildman–Crippen LogP) is 4.32. The molecule has 0 radical (unpaired) electrons. The first-order valence-corrected chi connectivity index (χ1v) is 7.29. The van der Waals surface area contributed by atoms with E-state index in [0.29, 0.717) is 31.1 Å². The third kappa shape index (κ3) is 3.96. The number of alkyl halides is 3.